The van der Waals surface area contributed by atoms with Gasteiger partial charge in [-0.1, -0.05) is 47.7 Å². The number of aliphatic hydroxyl groups excluding tert-OH is 1. The number of nitrogens with one attached hydrogen (secondary N) is 1. The summed E-state index contributed by atoms with van der Waals surface area (Å²) in [5.41, 5.74) is 2.05. The molecule has 1 amide bonds. The zero-order chi connectivity index (χ0) is 15.1. The van der Waals surface area contributed by atoms with Gasteiger partial charge in [-0.05, 0) is 29.8 Å². The highest BCUT2D eigenvalue weighted by Crippen LogP contribution is 2.10. The molecule has 0 saturated heterocycles. The molecule has 2 aromatic rings. The zero-order valence-electron chi connectivity index (χ0n) is 11.3. The van der Waals surface area contributed by atoms with Crippen molar-refractivity contribution in [2.45, 2.75) is 6.54 Å². The molecule has 21 heavy (non-hydrogen) atoms. The minimum atomic E-state index is -0.235. The van der Waals surface area contributed by atoms with Crippen molar-refractivity contribution in [1.29, 1.82) is 0 Å². The molecule has 4 heteroatoms. The largest absolute Gasteiger partial charge is 0.384 e. The molecule has 0 aromatic heterocycles. The van der Waals surface area contributed by atoms with Gasteiger partial charge in [-0.25, -0.2) is 0 Å². The van der Waals surface area contributed by atoms with Gasteiger partial charge in [0.05, 0.1) is 5.56 Å². The third-order valence-corrected chi connectivity index (χ3v) is 3.09. The van der Waals surface area contributed by atoms with E-state index in [9.17, 15) is 4.79 Å². The third kappa shape index (κ3) is 4.35. The maximum atomic E-state index is 12.2. The van der Waals surface area contributed by atoms with Crippen molar-refractivity contribution in [2.75, 3.05) is 6.61 Å². The highest BCUT2D eigenvalue weighted by molar-refractivity contribution is 6.30. The number of carbonyl (C=O) groups excluding carboxylic acids is 1. The van der Waals surface area contributed by atoms with Crippen LogP contribution in [0.2, 0.25) is 5.02 Å². The Morgan fingerprint density at radius 2 is 1.86 bits per heavy atom. The number of hydrogen-bond acceptors (Lipinski definition) is 2. The summed E-state index contributed by atoms with van der Waals surface area (Å²) >= 11 is 5.82. The second-order valence-electron chi connectivity index (χ2n) is 4.31. The molecule has 0 heterocycles. The van der Waals surface area contributed by atoms with Gasteiger partial charge in [0.15, 0.2) is 0 Å². The molecule has 0 aliphatic rings. The predicted molar refractivity (Wildman–Crippen MR) is 83.0 cm³/mol. The minimum absolute atomic E-state index is 0.201. The predicted octanol–water partition coefficient (Wildman–Crippen LogP) is 2.61. The Morgan fingerprint density at radius 1 is 1.14 bits per heavy atom. The molecule has 2 aromatic carbocycles. The van der Waals surface area contributed by atoms with Gasteiger partial charge in [-0.3, -0.25) is 4.79 Å². The Labute approximate surface area is 128 Å². The monoisotopic (exact) mass is 299 g/mol. The van der Waals surface area contributed by atoms with Gasteiger partial charge in [0.25, 0.3) is 5.91 Å². The van der Waals surface area contributed by atoms with Gasteiger partial charge < -0.3 is 10.4 Å². The van der Waals surface area contributed by atoms with Crippen molar-refractivity contribution in [3.05, 3.63) is 70.2 Å². The first-order valence-corrected chi connectivity index (χ1v) is 6.80. The molecular weight excluding hydrogens is 286 g/mol. The van der Waals surface area contributed by atoms with E-state index in [1.807, 2.05) is 12.1 Å². The van der Waals surface area contributed by atoms with E-state index in [4.69, 9.17) is 16.7 Å². The molecule has 0 aliphatic carbocycles. The third-order valence-electron chi connectivity index (χ3n) is 2.84. The van der Waals surface area contributed by atoms with Gasteiger partial charge in [-0.2, -0.15) is 0 Å². The maximum absolute atomic E-state index is 12.2. The summed E-state index contributed by atoms with van der Waals surface area (Å²) in [7, 11) is 0. The standard InChI is InChI=1S/C17H14ClNO2/c18-15-9-7-13(8-10-15)12-19-17(21)16-6-2-1-4-14(16)5-3-11-20/h1-2,4,6-10,20H,11-12H2,(H,19,21). The number of amides is 1. The van der Waals surface area contributed by atoms with E-state index >= 15 is 0 Å². The van der Waals surface area contributed by atoms with Gasteiger partial charge in [-0.15, -0.1) is 0 Å². The van der Waals surface area contributed by atoms with Crippen LogP contribution in [0.3, 0.4) is 0 Å². The zero-order valence-corrected chi connectivity index (χ0v) is 12.0. The summed E-state index contributed by atoms with van der Waals surface area (Å²) < 4.78 is 0. The first-order valence-electron chi connectivity index (χ1n) is 6.42. The normalized spacial score (nSPS) is 9.62. The van der Waals surface area contributed by atoms with Crippen molar-refractivity contribution in [3.8, 4) is 11.8 Å². The molecule has 106 valence electrons. The molecule has 3 nitrogen and oxygen atoms in total. The summed E-state index contributed by atoms with van der Waals surface area (Å²) in [6.45, 7) is 0.179. The van der Waals surface area contributed by atoms with Gasteiger partial charge in [0.1, 0.15) is 6.61 Å². The number of carbonyl (C=O) groups is 1. The smallest absolute Gasteiger partial charge is 0.252 e. The number of benzene rings is 2. The number of aliphatic hydroxyl groups is 1. The molecule has 2 rings (SSSR count). The lowest BCUT2D eigenvalue weighted by Crippen LogP contribution is -2.23. The number of rotatable bonds is 3. The second-order valence-corrected chi connectivity index (χ2v) is 4.75. The molecule has 0 spiro atoms. The van der Waals surface area contributed by atoms with E-state index in [2.05, 4.69) is 17.2 Å². The highest BCUT2D eigenvalue weighted by Gasteiger charge is 2.09. The molecule has 0 aliphatic heterocycles. The van der Waals surface area contributed by atoms with Crippen LogP contribution in [0.5, 0.6) is 0 Å². The SMILES string of the molecule is O=C(NCc1ccc(Cl)cc1)c1ccccc1C#CCO. The molecule has 2 N–H and O–H groups in total. The van der Waals surface area contributed by atoms with Crippen LogP contribution < -0.4 is 5.32 Å². The summed E-state index contributed by atoms with van der Waals surface area (Å²) in [4.78, 5) is 12.2. The van der Waals surface area contributed by atoms with Crippen LogP contribution in [-0.2, 0) is 6.54 Å². The van der Waals surface area contributed by atoms with Crippen molar-refractivity contribution in [1.82, 2.24) is 5.32 Å². The van der Waals surface area contributed by atoms with Crippen molar-refractivity contribution in [2.24, 2.45) is 0 Å². The molecule has 0 atom stereocenters. The van der Waals surface area contributed by atoms with E-state index in [1.165, 1.54) is 0 Å². The van der Waals surface area contributed by atoms with Gasteiger partial charge >= 0.3 is 0 Å². The summed E-state index contributed by atoms with van der Waals surface area (Å²) in [6, 6.07) is 14.3. The molecule has 0 saturated carbocycles. The lowest BCUT2D eigenvalue weighted by molar-refractivity contribution is 0.0950. The highest BCUT2D eigenvalue weighted by atomic mass is 35.5. The van der Waals surface area contributed by atoms with Crippen molar-refractivity contribution >= 4 is 17.5 Å². The number of hydrogen-bond donors (Lipinski definition) is 2. The van der Waals surface area contributed by atoms with Crippen LogP contribution in [0.25, 0.3) is 0 Å². The van der Waals surface area contributed by atoms with Crippen LogP contribution in [0.15, 0.2) is 48.5 Å². The Bertz CT molecular complexity index is 684. The van der Waals surface area contributed by atoms with E-state index < -0.39 is 0 Å². The van der Waals surface area contributed by atoms with Crippen molar-refractivity contribution in [3.63, 3.8) is 0 Å². The average Bonchev–Trinajstić information content (AvgIpc) is 2.52. The maximum Gasteiger partial charge on any atom is 0.252 e. The topological polar surface area (TPSA) is 49.3 Å². The second kappa shape index (κ2) is 7.49. The van der Waals surface area contributed by atoms with Gasteiger partial charge in [0.2, 0.25) is 0 Å². The van der Waals surface area contributed by atoms with Crippen LogP contribution in [0, 0.1) is 11.8 Å². The van der Waals surface area contributed by atoms with Crippen molar-refractivity contribution < 1.29 is 9.90 Å². The average molecular weight is 300 g/mol. The van der Waals surface area contributed by atoms with Crippen LogP contribution in [-0.4, -0.2) is 17.6 Å². The lowest BCUT2D eigenvalue weighted by atomic mass is 10.1. The van der Waals surface area contributed by atoms with Gasteiger partial charge in [0, 0.05) is 17.1 Å². The fourth-order valence-corrected chi connectivity index (χ4v) is 1.93. The first kappa shape index (κ1) is 15.1. The van der Waals surface area contributed by atoms with E-state index in [-0.39, 0.29) is 12.5 Å². The fourth-order valence-electron chi connectivity index (χ4n) is 1.80. The van der Waals surface area contributed by atoms with Crippen LogP contribution in [0.4, 0.5) is 0 Å². The van der Waals surface area contributed by atoms with E-state index in [1.54, 1.807) is 36.4 Å². The Balaban J connectivity index is 2.08. The Hall–Kier alpha value is -2.28. The molecule has 0 radical (unpaired) electrons. The quantitative estimate of drug-likeness (QED) is 0.856. The summed E-state index contributed by atoms with van der Waals surface area (Å²) in [6.07, 6.45) is 0. The van der Waals surface area contributed by atoms with Crippen LogP contribution >= 0.6 is 11.6 Å². The Morgan fingerprint density at radius 3 is 2.57 bits per heavy atom. The molecule has 0 fully saturated rings. The van der Waals surface area contributed by atoms with E-state index in [0.29, 0.717) is 22.7 Å². The van der Waals surface area contributed by atoms with Crippen LogP contribution in [0.1, 0.15) is 21.5 Å². The molecule has 0 bridgehead atoms. The minimum Gasteiger partial charge on any atom is -0.384 e. The molecular formula is C17H14ClNO2. The summed E-state index contributed by atoms with van der Waals surface area (Å²) in [5.74, 6) is 5.12. The summed E-state index contributed by atoms with van der Waals surface area (Å²) in [5, 5.41) is 12.2. The molecule has 0 unspecified atom stereocenters. The fraction of sp³-hybridized carbons (Fsp3) is 0.118. The number of halogens is 1. The van der Waals surface area contributed by atoms with E-state index in [0.717, 1.165) is 5.56 Å². The first-order chi connectivity index (χ1) is 10.2. The lowest BCUT2D eigenvalue weighted by Gasteiger charge is -2.07. The Kier molecular flexibility index (Phi) is 5.39.